The first-order valence-corrected chi connectivity index (χ1v) is 13.8. The topological polar surface area (TPSA) is 109 Å². The Morgan fingerprint density at radius 1 is 0.447 bits per heavy atom. The van der Waals surface area contributed by atoms with Crippen LogP contribution < -0.4 is 0 Å². The summed E-state index contributed by atoms with van der Waals surface area (Å²) in [6.07, 6.45) is 6.01. The summed E-state index contributed by atoms with van der Waals surface area (Å²) in [5.74, 6) is -0.455. The van der Waals surface area contributed by atoms with Gasteiger partial charge >= 0.3 is 5.97 Å². The van der Waals surface area contributed by atoms with Crippen molar-refractivity contribution in [1.82, 2.24) is 0 Å². The lowest BCUT2D eigenvalue weighted by molar-refractivity contribution is -0.139. The maximum Gasteiger partial charge on any atom is 0.330 e. The van der Waals surface area contributed by atoms with Crippen molar-refractivity contribution in [2.45, 2.75) is 32.6 Å². The van der Waals surface area contributed by atoms with Crippen LogP contribution in [0, 0.1) is 0 Å². The SMILES string of the molecule is C=CC(=O)OCCOCCOCCOCCOCCOCCOCCOCCOCCOCCCCCC. The fourth-order valence-corrected chi connectivity index (χ4v) is 2.75. The van der Waals surface area contributed by atoms with E-state index >= 15 is 0 Å². The highest BCUT2D eigenvalue weighted by Gasteiger charge is 1.97. The summed E-state index contributed by atoms with van der Waals surface area (Å²) in [5, 5.41) is 0. The minimum atomic E-state index is -0.455. The van der Waals surface area contributed by atoms with Gasteiger partial charge in [0.1, 0.15) is 6.61 Å². The summed E-state index contributed by atoms with van der Waals surface area (Å²) < 4.78 is 53.6. The van der Waals surface area contributed by atoms with E-state index in [2.05, 4.69) is 13.5 Å². The van der Waals surface area contributed by atoms with Gasteiger partial charge in [-0.05, 0) is 6.42 Å². The van der Waals surface area contributed by atoms with Crippen LogP contribution in [0.4, 0.5) is 0 Å². The third kappa shape index (κ3) is 32.9. The third-order valence-electron chi connectivity index (χ3n) is 4.76. The quantitative estimate of drug-likeness (QED) is 0.0680. The Morgan fingerprint density at radius 2 is 0.737 bits per heavy atom. The summed E-state index contributed by atoms with van der Waals surface area (Å²) in [4.78, 5) is 10.8. The maximum atomic E-state index is 10.8. The monoisotopic (exact) mass is 552 g/mol. The lowest BCUT2D eigenvalue weighted by Gasteiger charge is -2.09. The number of hydrogen-bond donors (Lipinski definition) is 0. The smallest absolute Gasteiger partial charge is 0.330 e. The highest BCUT2D eigenvalue weighted by molar-refractivity contribution is 5.81. The van der Waals surface area contributed by atoms with E-state index in [1.54, 1.807) is 0 Å². The van der Waals surface area contributed by atoms with Crippen molar-refractivity contribution in [2.24, 2.45) is 0 Å². The molecular formula is C27H52O11. The lowest BCUT2D eigenvalue weighted by Crippen LogP contribution is -2.15. The predicted molar refractivity (Wildman–Crippen MR) is 143 cm³/mol. The van der Waals surface area contributed by atoms with E-state index in [9.17, 15) is 4.79 Å². The van der Waals surface area contributed by atoms with Crippen molar-refractivity contribution in [1.29, 1.82) is 0 Å². The Labute approximate surface area is 229 Å². The van der Waals surface area contributed by atoms with Crippen LogP contribution in [-0.4, -0.2) is 132 Å². The summed E-state index contributed by atoms with van der Waals surface area (Å²) >= 11 is 0. The zero-order valence-electron chi connectivity index (χ0n) is 23.5. The van der Waals surface area contributed by atoms with E-state index in [0.29, 0.717) is 112 Å². The summed E-state index contributed by atoms with van der Waals surface area (Å²) in [6.45, 7) is 15.2. The molecule has 226 valence electrons. The molecule has 0 rings (SSSR count). The minimum Gasteiger partial charge on any atom is -0.460 e. The maximum absolute atomic E-state index is 10.8. The molecule has 0 aromatic rings. The summed E-state index contributed by atoms with van der Waals surface area (Å²) in [5.41, 5.74) is 0. The predicted octanol–water partition coefficient (Wildman–Crippen LogP) is 2.45. The Balaban J connectivity index is 3.04. The second kappa shape index (κ2) is 33.9. The Hall–Kier alpha value is -1.15. The van der Waals surface area contributed by atoms with Crippen molar-refractivity contribution in [2.75, 3.05) is 126 Å². The van der Waals surface area contributed by atoms with Crippen molar-refractivity contribution in [3.05, 3.63) is 12.7 Å². The van der Waals surface area contributed by atoms with Crippen molar-refractivity contribution < 1.29 is 52.2 Å². The van der Waals surface area contributed by atoms with Gasteiger partial charge in [0.2, 0.25) is 0 Å². The highest BCUT2D eigenvalue weighted by atomic mass is 16.6. The standard InChI is InChI=1S/C27H52O11/c1-3-5-6-7-8-29-9-10-30-11-12-31-13-14-32-15-16-33-17-18-34-19-20-35-21-22-36-23-24-37-25-26-38-27(28)4-2/h4H,2-3,5-26H2,1H3. The molecule has 0 N–H and O–H groups in total. The second-order valence-corrected chi connectivity index (χ2v) is 7.94. The lowest BCUT2D eigenvalue weighted by atomic mass is 10.2. The van der Waals surface area contributed by atoms with Gasteiger partial charge in [-0.1, -0.05) is 32.8 Å². The molecule has 0 aromatic heterocycles. The van der Waals surface area contributed by atoms with E-state index in [4.69, 9.17) is 47.4 Å². The Morgan fingerprint density at radius 3 is 1.03 bits per heavy atom. The van der Waals surface area contributed by atoms with Gasteiger partial charge in [0.05, 0.1) is 112 Å². The molecule has 0 unspecified atom stereocenters. The molecule has 0 aliphatic heterocycles. The van der Waals surface area contributed by atoms with Gasteiger partial charge in [-0.25, -0.2) is 4.79 Å². The van der Waals surface area contributed by atoms with Crippen LogP contribution in [0.5, 0.6) is 0 Å². The molecule has 11 heteroatoms. The Kier molecular flexibility index (Phi) is 32.9. The molecule has 0 heterocycles. The van der Waals surface area contributed by atoms with Crippen LogP contribution in [0.1, 0.15) is 32.6 Å². The number of rotatable bonds is 33. The van der Waals surface area contributed by atoms with Crippen LogP contribution >= 0.6 is 0 Å². The molecule has 0 aliphatic rings. The molecule has 0 amide bonds. The second-order valence-electron chi connectivity index (χ2n) is 7.94. The molecule has 0 aromatic carbocycles. The number of esters is 1. The van der Waals surface area contributed by atoms with Gasteiger partial charge in [-0.15, -0.1) is 0 Å². The molecule has 38 heavy (non-hydrogen) atoms. The number of unbranched alkanes of at least 4 members (excludes halogenated alkanes) is 3. The van der Waals surface area contributed by atoms with Gasteiger partial charge in [-0.3, -0.25) is 0 Å². The van der Waals surface area contributed by atoms with Gasteiger partial charge in [-0.2, -0.15) is 0 Å². The molecule has 11 nitrogen and oxygen atoms in total. The highest BCUT2D eigenvalue weighted by Crippen LogP contribution is 1.98. The average molecular weight is 553 g/mol. The first-order valence-electron chi connectivity index (χ1n) is 13.8. The van der Waals surface area contributed by atoms with Crippen LogP contribution in [0.2, 0.25) is 0 Å². The first kappa shape index (κ1) is 36.8. The zero-order valence-corrected chi connectivity index (χ0v) is 23.5. The van der Waals surface area contributed by atoms with Gasteiger partial charge in [0.15, 0.2) is 0 Å². The van der Waals surface area contributed by atoms with Crippen LogP contribution in [0.3, 0.4) is 0 Å². The Bertz CT molecular complexity index is 480. The summed E-state index contributed by atoms with van der Waals surface area (Å²) in [6, 6.07) is 0. The zero-order chi connectivity index (χ0) is 27.6. The molecule has 0 spiro atoms. The molecule has 0 aliphatic carbocycles. The molecule has 0 saturated carbocycles. The molecule has 0 fully saturated rings. The van der Waals surface area contributed by atoms with Crippen molar-refractivity contribution in [3.8, 4) is 0 Å². The number of carbonyl (C=O) groups excluding carboxylic acids is 1. The molecule has 0 saturated heterocycles. The average Bonchev–Trinajstić information content (AvgIpc) is 2.93. The van der Waals surface area contributed by atoms with Crippen molar-refractivity contribution >= 4 is 5.97 Å². The van der Waals surface area contributed by atoms with Crippen LogP contribution in [-0.2, 0) is 52.2 Å². The minimum absolute atomic E-state index is 0.204. The van der Waals surface area contributed by atoms with Crippen molar-refractivity contribution in [3.63, 3.8) is 0 Å². The number of hydrogen-bond acceptors (Lipinski definition) is 11. The van der Waals surface area contributed by atoms with E-state index in [1.807, 2.05) is 0 Å². The van der Waals surface area contributed by atoms with Gasteiger partial charge in [0.25, 0.3) is 0 Å². The van der Waals surface area contributed by atoms with Crippen LogP contribution in [0.15, 0.2) is 12.7 Å². The van der Waals surface area contributed by atoms with E-state index in [0.717, 1.165) is 19.1 Å². The largest absolute Gasteiger partial charge is 0.460 e. The van der Waals surface area contributed by atoms with E-state index in [1.165, 1.54) is 19.3 Å². The third-order valence-corrected chi connectivity index (χ3v) is 4.76. The molecule has 0 atom stereocenters. The van der Waals surface area contributed by atoms with Gasteiger partial charge in [0, 0.05) is 12.7 Å². The van der Waals surface area contributed by atoms with E-state index in [-0.39, 0.29) is 6.61 Å². The molecule has 0 radical (unpaired) electrons. The fraction of sp³-hybridized carbons (Fsp3) is 0.889. The molecular weight excluding hydrogens is 500 g/mol. The molecule has 0 bridgehead atoms. The van der Waals surface area contributed by atoms with Crippen LogP contribution in [0.25, 0.3) is 0 Å². The normalized spacial score (nSPS) is 11.2. The van der Waals surface area contributed by atoms with Gasteiger partial charge < -0.3 is 47.4 Å². The first-order chi connectivity index (χ1) is 18.8. The van der Waals surface area contributed by atoms with E-state index < -0.39 is 5.97 Å². The fourth-order valence-electron chi connectivity index (χ4n) is 2.75. The number of ether oxygens (including phenoxy) is 10. The number of carbonyl (C=O) groups is 1. The summed E-state index contributed by atoms with van der Waals surface area (Å²) in [7, 11) is 0.